The maximum Gasteiger partial charge on any atom is 0.243 e. The van der Waals surface area contributed by atoms with E-state index in [0.29, 0.717) is 25.1 Å². The number of ether oxygens (including phenoxy) is 1. The van der Waals surface area contributed by atoms with Crippen LogP contribution in [0.5, 0.6) is 0 Å². The number of carbonyl (C=O) groups is 2. The number of carbonyl (C=O) groups excluding carboxylic acids is 2. The van der Waals surface area contributed by atoms with Crippen molar-refractivity contribution in [2.75, 3.05) is 45.1 Å². The summed E-state index contributed by atoms with van der Waals surface area (Å²) in [4.78, 5) is 29.6. The summed E-state index contributed by atoms with van der Waals surface area (Å²) >= 11 is 1.52. The van der Waals surface area contributed by atoms with Crippen molar-refractivity contribution < 1.29 is 18.7 Å². The number of hydrogen-bond donors (Lipinski definition) is 1. The Morgan fingerprint density at radius 2 is 2.10 bits per heavy atom. The Kier molecular flexibility index (Phi) is 8.32. The highest BCUT2D eigenvalue weighted by molar-refractivity contribution is 7.99. The Morgan fingerprint density at radius 1 is 1.31 bits per heavy atom. The third-order valence-electron chi connectivity index (χ3n) is 5.24. The molecule has 2 aliphatic rings. The summed E-state index contributed by atoms with van der Waals surface area (Å²) in [6, 6.07) is 5.78. The highest BCUT2D eigenvalue weighted by Gasteiger charge is 2.41. The van der Waals surface area contributed by atoms with Crippen LogP contribution in [0.2, 0.25) is 0 Å². The van der Waals surface area contributed by atoms with E-state index >= 15 is 0 Å². The van der Waals surface area contributed by atoms with E-state index in [2.05, 4.69) is 10.2 Å². The summed E-state index contributed by atoms with van der Waals surface area (Å²) in [5.74, 6) is 0.0106. The van der Waals surface area contributed by atoms with Crippen LogP contribution in [0.1, 0.15) is 37.1 Å². The molecule has 3 rings (SSSR count). The Hall–Kier alpha value is -1.64. The molecule has 0 spiro atoms. The lowest BCUT2D eigenvalue weighted by Crippen LogP contribution is -2.48. The Morgan fingerprint density at radius 3 is 2.83 bits per heavy atom. The highest BCUT2D eigenvalue weighted by atomic mass is 32.2. The smallest absolute Gasteiger partial charge is 0.243 e. The molecule has 2 aliphatic heterocycles. The number of nitrogens with zero attached hydrogens (tertiary/aromatic N) is 2. The van der Waals surface area contributed by atoms with Gasteiger partial charge in [-0.05, 0) is 37.1 Å². The van der Waals surface area contributed by atoms with E-state index in [1.807, 2.05) is 13.0 Å². The molecule has 2 heterocycles. The Bertz CT molecular complexity index is 700. The monoisotopic (exact) mass is 423 g/mol. The van der Waals surface area contributed by atoms with E-state index in [0.717, 1.165) is 44.8 Å². The molecular weight excluding hydrogens is 393 g/mol. The van der Waals surface area contributed by atoms with Crippen molar-refractivity contribution in [1.82, 2.24) is 15.1 Å². The lowest BCUT2D eigenvalue weighted by molar-refractivity contribution is -0.139. The summed E-state index contributed by atoms with van der Waals surface area (Å²) in [6.07, 6.45) is 1.96. The Balaban J connectivity index is 1.58. The lowest BCUT2D eigenvalue weighted by Gasteiger charge is -2.29. The van der Waals surface area contributed by atoms with Crippen molar-refractivity contribution >= 4 is 23.6 Å². The first-order chi connectivity index (χ1) is 14.1. The van der Waals surface area contributed by atoms with Crippen LogP contribution in [0.15, 0.2) is 24.3 Å². The van der Waals surface area contributed by atoms with Gasteiger partial charge in [-0.1, -0.05) is 19.1 Å². The summed E-state index contributed by atoms with van der Waals surface area (Å²) in [7, 11) is 0. The number of hydrogen-bond acceptors (Lipinski definition) is 5. The molecule has 0 aliphatic carbocycles. The van der Waals surface area contributed by atoms with E-state index in [4.69, 9.17) is 4.74 Å². The summed E-state index contributed by atoms with van der Waals surface area (Å²) in [5, 5.41) is 2.67. The van der Waals surface area contributed by atoms with Gasteiger partial charge in [0.15, 0.2) is 0 Å². The minimum Gasteiger partial charge on any atom is -0.379 e. The number of amides is 2. The zero-order valence-electron chi connectivity index (χ0n) is 16.9. The molecule has 1 N–H and O–H groups in total. The molecule has 2 unspecified atom stereocenters. The summed E-state index contributed by atoms with van der Waals surface area (Å²) < 4.78 is 19.1. The Labute approximate surface area is 176 Å². The molecule has 1 aromatic carbocycles. The fraction of sp³-hybridized carbons (Fsp3) is 0.619. The number of halogens is 1. The van der Waals surface area contributed by atoms with E-state index < -0.39 is 6.04 Å². The second-order valence-corrected chi connectivity index (χ2v) is 8.52. The van der Waals surface area contributed by atoms with Crippen molar-refractivity contribution in [1.29, 1.82) is 0 Å². The average molecular weight is 424 g/mol. The van der Waals surface area contributed by atoms with Crippen molar-refractivity contribution in [3.63, 3.8) is 0 Å². The maximum absolute atomic E-state index is 13.7. The first-order valence-electron chi connectivity index (χ1n) is 10.4. The van der Waals surface area contributed by atoms with Gasteiger partial charge in [-0.3, -0.25) is 14.5 Å². The van der Waals surface area contributed by atoms with Crippen molar-refractivity contribution in [2.45, 2.75) is 37.6 Å². The van der Waals surface area contributed by atoms with Gasteiger partial charge in [0.05, 0.1) is 13.2 Å². The molecule has 0 radical (unpaired) electrons. The number of nitrogens with one attached hydrogen (secondary N) is 1. The highest BCUT2D eigenvalue weighted by Crippen LogP contribution is 2.42. The number of rotatable bonds is 8. The van der Waals surface area contributed by atoms with E-state index in [-0.39, 0.29) is 23.0 Å². The molecule has 6 nitrogen and oxygen atoms in total. The van der Waals surface area contributed by atoms with Crippen LogP contribution >= 0.6 is 11.8 Å². The third-order valence-corrected chi connectivity index (χ3v) is 6.57. The van der Waals surface area contributed by atoms with Gasteiger partial charge in [0.25, 0.3) is 0 Å². The van der Waals surface area contributed by atoms with Gasteiger partial charge < -0.3 is 15.0 Å². The molecule has 0 saturated carbocycles. The first kappa shape index (κ1) is 22.1. The predicted molar refractivity (Wildman–Crippen MR) is 112 cm³/mol. The molecule has 2 amide bonds. The molecule has 29 heavy (non-hydrogen) atoms. The molecule has 2 atom stereocenters. The van der Waals surface area contributed by atoms with E-state index in [1.54, 1.807) is 11.0 Å². The standard InChI is InChI=1S/C21H30FN3O3S/c1-2-5-19(26)25-18(15-29-21(25)16-6-3-7-17(22)14-16)20(27)23-8-4-9-24-10-12-28-13-11-24/h3,6-7,14,18,21H,2,4-5,8-13,15H2,1H3,(H,23,27). The third kappa shape index (κ3) is 5.93. The second-order valence-electron chi connectivity index (χ2n) is 7.41. The van der Waals surface area contributed by atoms with Crippen LogP contribution in [-0.2, 0) is 14.3 Å². The van der Waals surface area contributed by atoms with Crippen LogP contribution in [0.25, 0.3) is 0 Å². The first-order valence-corrected chi connectivity index (χ1v) is 11.4. The zero-order chi connectivity index (χ0) is 20.6. The predicted octanol–water partition coefficient (Wildman–Crippen LogP) is 2.41. The number of thioether (sulfide) groups is 1. The van der Waals surface area contributed by atoms with Gasteiger partial charge in [0.2, 0.25) is 11.8 Å². The molecule has 2 fully saturated rings. The number of morpholine rings is 1. The van der Waals surface area contributed by atoms with Crippen LogP contribution < -0.4 is 5.32 Å². The SMILES string of the molecule is CCCC(=O)N1C(C(=O)NCCCN2CCOCC2)CSC1c1cccc(F)c1. The largest absolute Gasteiger partial charge is 0.379 e. The minimum atomic E-state index is -0.518. The molecule has 0 bridgehead atoms. The van der Waals surface area contributed by atoms with Gasteiger partial charge in [-0.2, -0.15) is 0 Å². The molecule has 1 aromatic rings. The normalized spacial score (nSPS) is 22.6. The van der Waals surface area contributed by atoms with Crippen molar-refractivity contribution in [2.24, 2.45) is 0 Å². The zero-order valence-corrected chi connectivity index (χ0v) is 17.8. The lowest BCUT2D eigenvalue weighted by atomic mass is 10.1. The number of benzene rings is 1. The molecular formula is C21H30FN3O3S. The van der Waals surface area contributed by atoms with Crippen LogP contribution in [-0.4, -0.2) is 72.8 Å². The topological polar surface area (TPSA) is 61.9 Å². The van der Waals surface area contributed by atoms with Crippen molar-refractivity contribution in [3.05, 3.63) is 35.6 Å². The van der Waals surface area contributed by atoms with Crippen LogP contribution in [0, 0.1) is 5.82 Å². The molecule has 8 heteroatoms. The second kappa shape index (κ2) is 10.9. The van der Waals surface area contributed by atoms with Crippen molar-refractivity contribution in [3.8, 4) is 0 Å². The van der Waals surface area contributed by atoms with Crippen LogP contribution in [0.3, 0.4) is 0 Å². The van der Waals surface area contributed by atoms with Gasteiger partial charge in [-0.15, -0.1) is 11.8 Å². The van der Waals surface area contributed by atoms with E-state index in [9.17, 15) is 14.0 Å². The fourth-order valence-corrected chi connectivity index (χ4v) is 5.17. The quantitative estimate of drug-likeness (QED) is 0.651. The van der Waals surface area contributed by atoms with Crippen LogP contribution in [0.4, 0.5) is 4.39 Å². The maximum atomic E-state index is 13.7. The fourth-order valence-electron chi connectivity index (χ4n) is 3.73. The van der Waals surface area contributed by atoms with Gasteiger partial charge in [-0.25, -0.2) is 4.39 Å². The molecule has 160 valence electrons. The summed E-state index contributed by atoms with van der Waals surface area (Å²) in [6.45, 7) is 6.84. The molecule has 0 aromatic heterocycles. The average Bonchev–Trinajstić information content (AvgIpc) is 3.17. The summed E-state index contributed by atoms with van der Waals surface area (Å²) in [5.41, 5.74) is 0.724. The minimum absolute atomic E-state index is 0.0553. The van der Waals surface area contributed by atoms with E-state index in [1.165, 1.54) is 23.9 Å². The molecule has 2 saturated heterocycles. The van der Waals surface area contributed by atoms with Gasteiger partial charge >= 0.3 is 0 Å². The van der Waals surface area contributed by atoms with Gasteiger partial charge in [0.1, 0.15) is 17.2 Å². The van der Waals surface area contributed by atoms with Gasteiger partial charge in [0, 0.05) is 31.8 Å².